The molecule has 0 aliphatic carbocycles. The van der Waals surface area contributed by atoms with Gasteiger partial charge in [0.25, 0.3) is 5.92 Å². The fourth-order valence-electron chi connectivity index (χ4n) is 3.34. The van der Waals surface area contributed by atoms with Crippen molar-refractivity contribution in [3.63, 3.8) is 0 Å². The number of benzene rings is 1. The van der Waals surface area contributed by atoms with E-state index in [1.54, 1.807) is 15.8 Å². The zero-order valence-corrected chi connectivity index (χ0v) is 14.6. The molecule has 0 bridgehead atoms. The van der Waals surface area contributed by atoms with Gasteiger partial charge in [-0.1, -0.05) is 11.6 Å². The topological polar surface area (TPSA) is 37.2 Å². The van der Waals surface area contributed by atoms with Gasteiger partial charge in [0.2, 0.25) is 0 Å². The molecule has 0 spiro atoms. The lowest BCUT2D eigenvalue weighted by atomic mass is 10.1. The first kappa shape index (κ1) is 15.8. The van der Waals surface area contributed by atoms with Crippen LogP contribution in [0.25, 0.3) is 16.7 Å². The van der Waals surface area contributed by atoms with E-state index in [2.05, 4.69) is 15.0 Å². The molecule has 0 unspecified atom stereocenters. The van der Waals surface area contributed by atoms with Gasteiger partial charge in [-0.05, 0) is 30.7 Å². The quantitative estimate of drug-likeness (QED) is 0.699. The lowest BCUT2D eigenvalue weighted by molar-refractivity contribution is -0.0262. The summed E-state index contributed by atoms with van der Waals surface area (Å²) in [6.07, 6.45) is 4.63. The normalized spacial score (nSPS) is 18.7. The van der Waals surface area contributed by atoms with Crippen molar-refractivity contribution in [3.05, 3.63) is 41.7 Å². The van der Waals surface area contributed by atoms with Crippen LogP contribution in [0.2, 0.25) is 5.02 Å². The molecule has 0 atom stereocenters. The fourth-order valence-corrected chi connectivity index (χ4v) is 3.55. The number of alkyl halides is 2. The Bertz CT molecular complexity index is 990. The third-order valence-electron chi connectivity index (χ3n) is 4.95. The Morgan fingerprint density at radius 2 is 1.85 bits per heavy atom. The molecule has 2 aliphatic heterocycles. The van der Waals surface area contributed by atoms with Gasteiger partial charge in [0, 0.05) is 30.4 Å². The lowest BCUT2D eigenvalue weighted by Crippen LogP contribution is -2.56. The van der Waals surface area contributed by atoms with Crippen molar-refractivity contribution in [2.75, 3.05) is 36.0 Å². The second-order valence-corrected chi connectivity index (χ2v) is 7.28. The van der Waals surface area contributed by atoms with Crippen molar-refractivity contribution < 1.29 is 8.78 Å². The summed E-state index contributed by atoms with van der Waals surface area (Å²) >= 11 is 6.38. The van der Waals surface area contributed by atoms with Crippen LogP contribution in [0.1, 0.15) is 6.42 Å². The third kappa shape index (κ3) is 2.58. The summed E-state index contributed by atoms with van der Waals surface area (Å²) < 4.78 is 27.9. The molecule has 4 heterocycles. The second kappa shape index (κ2) is 5.54. The molecule has 0 N–H and O–H groups in total. The smallest absolute Gasteiger partial charge is 0.282 e. The molecule has 5 nitrogen and oxygen atoms in total. The van der Waals surface area contributed by atoms with E-state index in [1.165, 1.54) is 6.42 Å². The highest BCUT2D eigenvalue weighted by Crippen LogP contribution is 2.33. The lowest BCUT2D eigenvalue weighted by Gasteiger charge is -2.40. The molecule has 2 fully saturated rings. The van der Waals surface area contributed by atoms with E-state index in [4.69, 9.17) is 11.6 Å². The van der Waals surface area contributed by atoms with Crippen LogP contribution in [0.3, 0.4) is 0 Å². The summed E-state index contributed by atoms with van der Waals surface area (Å²) in [5.74, 6) is -2.61. The van der Waals surface area contributed by atoms with Crippen LogP contribution in [0, 0.1) is 0 Å². The van der Waals surface area contributed by atoms with E-state index < -0.39 is 5.92 Å². The van der Waals surface area contributed by atoms with Gasteiger partial charge < -0.3 is 9.80 Å². The molecule has 134 valence electrons. The molecule has 0 saturated carbocycles. The Morgan fingerprint density at radius 1 is 1.04 bits per heavy atom. The average Bonchev–Trinajstić information content (AvgIpc) is 2.95. The predicted octanol–water partition coefficient (Wildman–Crippen LogP) is 3.74. The van der Waals surface area contributed by atoms with Gasteiger partial charge >= 0.3 is 0 Å². The molecule has 1 aromatic carbocycles. The van der Waals surface area contributed by atoms with Crippen molar-refractivity contribution in [1.82, 2.24) is 14.8 Å². The summed E-state index contributed by atoms with van der Waals surface area (Å²) in [5.41, 5.74) is 3.15. The van der Waals surface area contributed by atoms with Crippen LogP contribution in [0.4, 0.5) is 20.2 Å². The first-order valence-corrected chi connectivity index (χ1v) is 8.89. The molecule has 8 heteroatoms. The van der Waals surface area contributed by atoms with Crippen molar-refractivity contribution in [1.29, 1.82) is 0 Å². The molecule has 2 saturated heterocycles. The van der Waals surface area contributed by atoms with E-state index in [0.29, 0.717) is 16.4 Å². The molecule has 3 aromatic rings. The highest BCUT2D eigenvalue weighted by molar-refractivity contribution is 6.32. The van der Waals surface area contributed by atoms with Crippen LogP contribution in [0.15, 0.2) is 36.7 Å². The van der Waals surface area contributed by atoms with E-state index >= 15 is 0 Å². The molecular formula is C18H16ClF2N5. The maximum absolute atomic E-state index is 13.1. The van der Waals surface area contributed by atoms with Crippen LogP contribution in [0.5, 0.6) is 0 Å². The molecule has 0 radical (unpaired) electrons. The van der Waals surface area contributed by atoms with Crippen molar-refractivity contribution in [2.24, 2.45) is 0 Å². The Hall–Kier alpha value is -2.41. The monoisotopic (exact) mass is 375 g/mol. The number of pyridine rings is 1. The summed E-state index contributed by atoms with van der Waals surface area (Å²) in [5, 5.41) is 5.89. The van der Waals surface area contributed by atoms with Crippen molar-refractivity contribution in [3.8, 4) is 5.69 Å². The Morgan fingerprint density at radius 3 is 2.54 bits per heavy atom. The van der Waals surface area contributed by atoms with Crippen molar-refractivity contribution >= 4 is 34.0 Å². The maximum atomic E-state index is 13.1. The molecule has 2 aliphatic rings. The average molecular weight is 376 g/mol. The minimum absolute atomic E-state index is 0.266. The van der Waals surface area contributed by atoms with Gasteiger partial charge in [0.15, 0.2) is 5.65 Å². The molecular weight excluding hydrogens is 360 g/mol. The predicted molar refractivity (Wildman–Crippen MR) is 97.9 cm³/mol. The highest BCUT2D eigenvalue weighted by atomic mass is 35.5. The minimum Gasteiger partial charge on any atom is -0.371 e. The summed E-state index contributed by atoms with van der Waals surface area (Å²) in [6, 6.07) is 7.74. The molecule has 0 amide bonds. The standard InChI is InChI=1S/C18H16ClF2N5/c19-15-3-2-13(24-4-1-5-24)7-16(15)26-9-12-6-14(8-22-17(12)23-26)25-10-18(20,21)11-25/h2-3,6-9H,1,4-5,10-11H2. The summed E-state index contributed by atoms with van der Waals surface area (Å²) in [7, 11) is 0. The maximum Gasteiger partial charge on any atom is 0.282 e. The first-order valence-electron chi connectivity index (χ1n) is 8.52. The number of rotatable bonds is 3. The highest BCUT2D eigenvalue weighted by Gasteiger charge is 2.44. The Balaban J connectivity index is 1.50. The van der Waals surface area contributed by atoms with E-state index in [1.807, 2.05) is 30.5 Å². The number of hydrogen-bond acceptors (Lipinski definition) is 4. The van der Waals surface area contributed by atoms with E-state index in [9.17, 15) is 8.78 Å². The summed E-state index contributed by atoms with van der Waals surface area (Å²) in [6.45, 7) is 1.57. The zero-order valence-electron chi connectivity index (χ0n) is 13.9. The Kier molecular flexibility index (Phi) is 3.37. The van der Waals surface area contributed by atoms with Gasteiger partial charge in [0.05, 0.1) is 35.7 Å². The van der Waals surface area contributed by atoms with Crippen LogP contribution < -0.4 is 9.80 Å². The third-order valence-corrected chi connectivity index (χ3v) is 5.27. The van der Waals surface area contributed by atoms with Gasteiger partial charge in [-0.25, -0.2) is 18.4 Å². The SMILES string of the molecule is FC1(F)CN(c2cnc3nn(-c4cc(N5CCC5)ccc4Cl)cc3c2)C1. The largest absolute Gasteiger partial charge is 0.371 e. The van der Waals surface area contributed by atoms with Gasteiger partial charge in [-0.3, -0.25) is 0 Å². The number of hydrogen-bond donors (Lipinski definition) is 0. The number of fused-ring (bicyclic) bond motifs is 1. The number of nitrogens with zero attached hydrogens (tertiary/aromatic N) is 5. The van der Waals surface area contributed by atoms with Gasteiger partial charge in [0.1, 0.15) is 0 Å². The van der Waals surface area contributed by atoms with E-state index in [-0.39, 0.29) is 13.1 Å². The minimum atomic E-state index is -2.61. The Labute approximate surface area is 153 Å². The van der Waals surface area contributed by atoms with Gasteiger partial charge in [-0.2, -0.15) is 0 Å². The van der Waals surface area contributed by atoms with Crippen LogP contribution >= 0.6 is 11.6 Å². The fraction of sp³-hybridized carbons (Fsp3) is 0.333. The zero-order chi connectivity index (χ0) is 17.9. The summed E-state index contributed by atoms with van der Waals surface area (Å²) in [4.78, 5) is 8.21. The number of anilines is 2. The second-order valence-electron chi connectivity index (χ2n) is 6.87. The molecule has 5 rings (SSSR count). The molecule has 26 heavy (non-hydrogen) atoms. The van der Waals surface area contributed by atoms with Crippen LogP contribution in [-0.2, 0) is 0 Å². The van der Waals surface area contributed by atoms with E-state index in [0.717, 1.165) is 29.9 Å². The molecule has 2 aromatic heterocycles. The van der Waals surface area contributed by atoms with Crippen molar-refractivity contribution in [2.45, 2.75) is 12.3 Å². The number of halogens is 3. The van der Waals surface area contributed by atoms with Crippen LogP contribution in [-0.4, -0.2) is 46.9 Å². The first-order chi connectivity index (χ1) is 12.5. The number of aromatic nitrogens is 3. The van der Waals surface area contributed by atoms with Gasteiger partial charge in [-0.15, -0.1) is 5.10 Å².